The van der Waals surface area contributed by atoms with Gasteiger partial charge in [0.2, 0.25) is 16.9 Å². The molecule has 0 bridgehead atoms. The maximum absolute atomic E-state index is 12.9. The van der Waals surface area contributed by atoms with Crippen molar-refractivity contribution in [3.63, 3.8) is 0 Å². The SMILES string of the molecule is CSC(=O)[C@H](CCC(=O)C=N)NC(=O)[C@H](Cc1c[nH]c2ccccc12)NC(C)=O. The van der Waals surface area contributed by atoms with Gasteiger partial charge in [0.05, 0.1) is 12.3 Å². The van der Waals surface area contributed by atoms with Gasteiger partial charge in [-0.1, -0.05) is 30.0 Å². The first-order valence-corrected chi connectivity index (χ1v) is 10.3. The van der Waals surface area contributed by atoms with Crippen LogP contribution in [-0.2, 0) is 25.6 Å². The fraction of sp³-hybridized carbons (Fsp3) is 0.350. The van der Waals surface area contributed by atoms with Gasteiger partial charge < -0.3 is 21.0 Å². The lowest BCUT2D eigenvalue weighted by molar-refractivity contribution is -0.129. The van der Waals surface area contributed by atoms with Gasteiger partial charge in [0, 0.05) is 36.9 Å². The quantitative estimate of drug-likeness (QED) is 0.437. The number of aromatic amines is 1. The van der Waals surface area contributed by atoms with E-state index in [4.69, 9.17) is 5.41 Å². The number of aromatic nitrogens is 1. The molecule has 2 amide bonds. The highest BCUT2D eigenvalue weighted by atomic mass is 32.2. The molecule has 9 heteroatoms. The minimum Gasteiger partial charge on any atom is -0.361 e. The normalized spacial score (nSPS) is 12.8. The minimum absolute atomic E-state index is 0.0198. The van der Waals surface area contributed by atoms with Crippen LogP contribution in [-0.4, -0.2) is 52.3 Å². The van der Waals surface area contributed by atoms with Crippen molar-refractivity contribution in [2.45, 2.75) is 38.3 Å². The zero-order valence-electron chi connectivity index (χ0n) is 16.3. The minimum atomic E-state index is -0.874. The van der Waals surface area contributed by atoms with Gasteiger partial charge in [-0.2, -0.15) is 0 Å². The highest BCUT2D eigenvalue weighted by Crippen LogP contribution is 2.19. The molecular formula is C20H24N4O4S. The first-order chi connectivity index (χ1) is 13.8. The Kier molecular flexibility index (Phi) is 8.14. The fourth-order valence-corrected chi connectivity index (χ4v) is 3.46. The molecule has 0 fully saturated rings. The highest BCUT2D eigenvalue weighted by molar-refractivity contribution is 8.13. The molecule has 0 aliphatic rings. The van der Waals surface area contributed by atoms with Crippen LogP contribution in [0.1, 0.15) is 25.3 Å². The van der Waals surface area contributed by atoms with E-state index in [0.29, 0.717) is 6.21 Å². The second kappa shape index (κ2) is 10.6. The molecule has 0 spiro atoms. The van der Waals surface area contributed by atoms with E-state index in [1.165, 1.54) is 6.92 Å². The summed E-state index contributed by atoms with van der Waals surface area (Å²) in [4.78, 5) is 51.2. The maximum Gasteiger partial charge on any atom is 0.243 e. The van der Waals surface area contributed by atoms with Gasteiger partial charge in [-0.15, -0.1) is 0 Å². The molecule has 0 unspecified atom stereocenters. The van der Waals surface area contributed by atoms with E-state index < -0.39 is 23.8 Å². The van der Waals surface area contributed by atoms with E-state index in [1.54, 1.807) is 12.5 Å². The van der Waals surface area contributed by atoms with Crippen molar-refractivity contribution in [3.05, 3.63) is 36.0 Å². The lowest BCUT2D eigenvalue weighted by atomic mass is 10.0. The number of hydrogen-bond acceptors (Lipinski definition) is 6. The molecule has 2 aromatic rings. The zero-order chi connectivity index (χ0) is 21.4. The number of thioether (sulfide) groups is 1. The summed E-state index contributed by atoms with van der Waals surface area (Å²) in [5, 5.41) is 12.9. The highest BCUT2D eigenvalue weighted by Gasteiger charge is 2.27. The van der Waals surface area contributed by atoms with Crippen LogP contribution in [0.25, 0.3) is 10.9 Å². The van der Waals surface area contributed by atoms with Gasteiger partial charge in [0.1, 0.15) is 6.04 Å². The molecule has 1 aromatic heterocycles. The Balaban J connectivity index is 2.17. The number of rotatable bonds is 10. The molecule has 29 heavy (non-hydrogen) atoms. The summed E-state index contributed by atoms with van der Waals surface area (Å²) < 4.78 is 0. The Bertz CT molecular complexity index is 924. The topological polar surface area (TPSA) is 132 Å². The van der Waals surface area contributed by atoms with Gasteiger partial charge in [0.25, 0.3) is 0 Å². The average Bonchev–Trinajstić information content (AvgIpc) is 3.12. The van der Waals surface area contributed by atoms with Crippen LogP contribution in [0.2, 0.25) is 0 Å². The predicted octanol–water partition coefficient (Wildman–Crippen LogP) is 1.59. The molecule has 0 aliphatic carbocycles. The molecule has 2 atom stereocenters. The second-order valence-corrected chi connectivity index (χ2v) is 7.36. The Hall–Kier alpha value is -2.94. The zero-order valence-corrected chi connectivity index (χ0v) is 17.1. The number of carbonyl (C=O) groups excluding carboxylic acids is 4. The van der Waals surface area contributed by atoms with Crippen molar-refractivity contribution in [1.29, 1.82) is 5.41 Å². The molecule has 2 rings (SSSR count). The number of Topliss-reactive ketones (excluding diaryl/α,β-unsaturated/α-hetero) is 1. The van der Waals surface area contributed by atoms with E-state index in [-0.39, 0.29) is 30.3 Å². The van der Waals surface area contributed by atoms with Gasteiger partial charge in [-0.25, -0.2) is 0 Å². The Morgan fingerprint density at radius 3 is 2.55 bits per heavy atom. The van der Waals surface area contributed by atoms with Gasteiger partial charge >= 0.3 is 0 Å². The number of carbonyl (C=O) groups is 4. The smallest absolute Gasteiger partial charge is 0.243 e. The lowest BCUT2D eigenvalue weighted by Gasteiger charge is -2.22. The Morgan fingerprint density at radius 1 is 1.17 bits per heavy atom. The van der Waals surface area contributed by atoms with Crippen LogP contribution in [0.5, 0.6) is 0 Å². The summed E-state index contributed by atoms with van der Waals surface area (Å²) in [5.74, 6) is -1.28. The molecular weight excluding hydrogens is 392 g/mol. The van der Waals surface area contributed by atoms with Crippen molar-refractivity contribution in [3.8, 4) is 0 Å². The Morgan fingerprint density at radius 2 is 1.90 bits per heavy atom. The Labute approximate surface area is 172 Å². The van der Waals surface area contributed by atoms with Crippen LogP contribution in [0.15, 0.2) is 30.5 Å². The fourth-order valence-electron chi connectivity index (χ4n) is 3.00. The summed E-state index contributed by atoms with van der Waals surface area (Å²) >= 11 is 0.953. The molecule has 8 nitrogen and oxygen atoms in total. The number of hydrogen-bond donors (Lipinski definition) is 4. The number of para-hydroxylation sites is 1. The summed E-state index contributed by atoms with van der Waals surface area (Å²) in [7, 11) is 0. The second-order valence-electron chi connectivity index (χ2n) is 6.55. The monoisotopic (exact) mass is 416 g/mol. The van der Waals surface area contributed by atoms with Crippen LogP contribution < -0.4 is 10.6 Å². The van der Waals surface area contributed by atoms with E-state index in [9.17, 15) is 19.2 Å². The summed E-state index contributed by atoms with van der Waals surface area (Å²) in [5.41, 5.74) is 1.78. The molecule has 1 heterocycles. The van der Waals surface area contributed by atoms with Gasteiger partial charge in [-0.3, -0.25) is 19.2 Å². The number of fused-ring (bicyclic) bond motifs is 1. The van der Waals surface area contributed by atoms with E-state index >= 15 is 0 Å². The third-order valence-corrected chi connectivity index (χ3v) is 5.12. The van der Waals surface area contributed by atoms with Gasteiger partial charge in [0.15, 0.2) is 5.78 Å². The van der Waals surface area contributed by atoms with Crippen LogP contribution >= 0.6 is 11.8 Å². The van der Waals surface area contributed by atoms with Crippen LogP contribution in [0, 0.1) is 5.41 Å². The summed E-state index contributed by atoms with van der Waals surface area (Å²) in [6.07, 6.45) is 4.40. The third-order valence-electron chi connectivity index (χ3n) is 4.44. The number of H-pyrrole nitrogens is 1. The first-order valence-electron chi connectivity index (χ1n) is 9.09. The number of ketones is 1. The standard InChI is InChI=1S/C20H24N4O4S/c1-12(25)23-18(9-13-11-22-16-6-4-3-5-15(13)16)19(27)24-17(20(28)29-2)8-7-14(26)10-21/h3-6,10-11,17-18,21-22H,7-9H2,1-2H3,(H,23,25)(H,24,27)/t17-,18-/m0/s1. The van der Waals surface area contributed by atoms with Crippen molar-refractivity contribution < 1.29 is 19.2 Å². The average molecular weight is 417 g/mol. The lowest BCUT2D eigenvalue weighted by Crippen LogP contribution is -2.51. The number of nitrogens with one attached hydrogen (secondary N) is 4. The summed E-state index contributed by atoms with van der Waals surface area (Å²) in [6, 6.07) is 5.88. The molecule has 4 N–H and O–H groups in total. The van der Waals surface area contributed by atoms with Crippen LogP contribution in [0.4, 0.5) is 0 Å². The molecule has 0 radical (unpaired) electrons. The molecule has 154 valence electrons. The largest absolute Gasteiger partial charge is 0.361 e. The maximum atomic E-state index is 12.9. The van der Waals surface area contributed by atoms with E-state index in [0.717, 1.165) is 28.2 Å². The molecule has 0 aliphatic heterocycles. The molecule has 0 saturated heterocycles. The number of amides is 2. The van der Waals surface area contributed by atoms with Crippen molar-refractivity contribution in [1.82, 2.24) is 15.6 Å². The first kappa shape index (κ1) is 22.4. The number of benzene rings is 1. The molecule has 1 aromatic carbocycles. The van der Waals surface area contributed by atoms with E-state index in [1.807, 2.05) is 24.3 Å². The van der Waals surface area contributed by atoms with Crippen molar-refractivity contribution in [2.75, 3.05) is 6.26 Å². The van der Waals surface area contributed by atoms with Crippen LogP contribution in [0.3, 0.4) is 0 Å². The van der Waals surface area contributed by atoms with Crippen molar-refractivity contribution in [2.24, 2.45) is 0 Å². The third kappa shape index (κ3) is 6.28. The van der Waals surface area contributed by atoms with Crippen molar-refractivity contribution >= 4 is 51.6 Å². The van der Waals surface area contributed by atoms with E-state index in [2.05, 4.69) is 15.6 Å². The predicted molar refractivity (Wildman–Crippen MR) is 113 cm³/mol. The molecule has 0 saturated carbocycles. The summed E-state index contributed by atoms with van der Waals surface area (Å²) in [6.45, 7) is 1.32. The van der Waals surface area contributed by atoms with Gasteiger partial charge in [-0.05, 0) is 24.3 Å².